The summed E-state index contributed by atoms with van der Waals surface area (Å²) < 4.78 is 87.9. The number of rotatable bonds is 11. The van der Waals surface area contributed by atoms with Crippen LogP contribution in [-0.4, -0.2) is 77.1 Å². The van der Waals surface area contributed by atoms with Gasteiger partial charge >= 0.3 is 12.3 Å². The first kappa shape index (κ1) is 38.9. The molecule has 3 aliphatic carbocycles. The van der Waals surface area contributed by atoms with Gasteiger partial charge < -0.3 is 20.3 Å². The van der Waals surface area contributed by atoms with Gasteiger partial charge in [-0.3, -0.25) is 24.0 Å². The van der Waals surface area contributed by atoms with Crippen LogP contribution in [-0.2, 0) is 48.4 Å². The molecule has 5 atom stereocenters. The molecular formula is C37H40ClF4N5O7S. The minimum Gasteiger partial charge on any atom is -0.444 e. The third-order valence-corrected chi connectivity index (χ3v) is 13.9. The van der Waals surface area contributed by atoms with Crippen LogP contribution in [0.3, 0.4) is 0 Å². The highest BCUT2D eigenvalue weighted by molar-refractivity contribution is 7.91. The van der Waals surface area contributed by atoms with Crippen LogP contribution < -0.4 is 15.4 Å². The van der Waals surface area contributed by atoms with E-state index in [1.54, 1.807) is 12.1 Å². The monoisotopic (exact) mass is 809 g/mol. The molecule has 2 heterocycles. The summed E-state index contributed by atoms with van der Waals surface area (Å²) in [5, 5.41) is 5.86. The van der Waals surface area contributed by atoms with Gasteiger partial charge in [-0.15, -0.1) is 0 Å². The van der Waals surface area contributed by atoms with Gasteiger partial charge in [-0.05, 0) is 98.8 Å². The molecule has 55 heavy (non-hydrogen) atoms. The molecule has 3 N–H and O–H groups in total. The first-order chi connectivity index (χ1) is 25.7. The molecule has 0 spiro atoms. The number of fused-ring (bicyclic) bond motifs is 1. The maximum absolute atomic E-state index is 14.3. The number of amides is 4. The first-order valence-electron chi connectivity index (χ1n) is 17.9. The Morgan fingerprint density at radius 3 is 2.42 bits per heavy atom. The molecule has 0 bridgehead atoms. The molecule has 5 aliphatic rings. The number of halogens is 5. The molecule has 3 saturated carbocycles. The van der Waals surface area contributed by atoms with Crippen molar-refractivity contribution in [2.24, 2.45) is 11.8 Å². The molecule has 2 aromatic carbocycles. The summed E-state index contributed by atoms with van der Waals surface area (Å²) in [6, 6.07) is 4.15. The van der Waals surface area contributed by atoms with E-state index in [9.17, 15) is 45.2 Å². The van der Waals surface area contributed by atoms with E-state index in [4.69, 9.17) is 16.3 Å². The molecule has 4 fully saturated rings. The first-order valence-corrected chi connectivity index (χ1v) is 19.8. The van der Waals surface area contributed by atoms with E-state index < -0.39 is 79.9 Å². The van der Waals surface area contributed by atoms with E-state index in [2.05, 4.69) is 21.9 Å². The Bertz CT molecular complexity index is 2090. The fourth-order valence-electron chi connectivity index (χ4n) is 7.57. The fourth-order valence-corrected chi connectivity index (χ4v) is 9.13. The Hall–Kier alpha value is -4.38. The zero-order valence-corrected chi connectivity index (χ0v) is 31.5. The molecule has 4 amide bonds. The number of hydrogen-bond acceptors (Lipinski definition) is 8. The molecule has 2 aromatic rings. The summed E-state index contributed by atoms with van der Waals surface area (Å²) in [6.07, 6.45) is -4.41. The second-order valence-corrected chi connectivity index (χ2v) is 18.2. The van der Waals surface area contributed by atoms with Crippen molar-refractivity contribution in [3.63, 3.8) is 0 Å². The molecular weight excluding hydrogens is 770 g/mol. The van der Waals surface area contributed by atoms with Crippen molar-refractivity contribution in [3.8, 4) is 0 Å². The number of anilines is 1. The summed E-state index contributed by atoms with van der Waals surface area (Å²) in [5.41, 5.74) is -1.56. The van der Waals surface area contributed by atoms with Gasteiger partial charge in [0, 0.05) is 23.7 Å². The van der Waals surface area contributed by atoms with Gasteiger partial charge in [0.2, 0.25) is 21.8 Å². The number of likely N-dealkylation sites (tertiary alicyclic amines) is 1. The highest BCUT2D eigenvalue weighted by Gasteiger charge is 2.67. The summed E-state index contributed by atoms with van der Waals surface area (Å²) in [4.78, 5) is 58.3. The lowest BCUT2D eigenvalue weighted by atomic mass is 10.1. The zero-order chi connectivity index (χ0) is 39.8. The van der Waals surface area contributed by atoms with Crippen LogP contribution >= 0.6 is 11.6 Å². The number of ether oxygens (including phenoxy) is 1. The Balaban J connectivity index is 1.14. The largest absolute Gasteiger partial charge is 0.444 e. The third kappa shape index (κ3) is 7.61. The van der Waals surface area contributed by atoms with Crippen molar-refractivity contribution in [1.82, 2.24) is 19.8 Å². The summed E-state index contributed by atoms with van der Waals surface area (Å²) in [7, 11) is -4.06. The average molecular weight is 810 g/mol. The molecule has 12 nitrogen and oxygen atoms in total. The van der Waals surface area contributed by atoms with Crippen molar-refractivity contribution in [2.45, 2.75) is 100 Å². The predicted molar refractivity (Wildman–Crippen MR) is 191 cm³/mol. The summed E-state index contributed by atoms with van der Waals surface area (Å²) >= 11 is 6.33. The maximum atomic E-state index is 14.3. The molecule has 0 radical (unpaired) electrons. The second kappa shape index (κ2) is 13.7. The van der Waals surface area contributed by atoms with E-state index >= 15 is 0 Å². The Morgan fingerprint density at radius 2 is 1.80 bits per heavy atom. The van der Waals surface area contributed by atoms with Gasteiger partial charge in [-0.2, -0.15) is 13.2 Å². The normalized spacial score (nSPS) is 25.8. The number of carbonyl (C=O) groups is 4. The molecule has 0 unspecified atom stereocenters. The van der Waals surface area contributed by atoms with Gasteiger partial charge in [-0.1, -0.05) is 30.3 Å². The number of carbonyl (C=O) groups excluding carboxylic acids is 4. The number of hydrogen-bond donors (Lipinski definition) is 3. The summed E-state index contributed by atoms with van der Waals surface area (Å²) in [5.74, 6) is -4.00. The standard InChI is InChI=1S/C37H40ClF4N5O7S/c1-19(2)30(43-24-12-22(37(40,41)42)11-23(39)13-24)32(49)47-17-25(54-34(51)46-16-21-5-4-6-28(38)26(21)18-46)14-29(47)31(48)44-36(15-27(36)20-7-8-20)33(50)45-55(52,53)35(3)9-10-35/h4-6,11-13,20,25,27,29-30,43H,1,7-10,14-18H2,2-3H3,(H,44,48)(H,45,50)/t25-,27+,29+,30+,36-/m1/s1. The van der Waals surface area contributed by atoms with Crippen LogP contribution in [0.5, 0.6) is 0 Å². The zero-order valence-electron chi connectivity index (χ0n) is 30.0. The lowest BCUT2D eigenvalue weighted by Gasteiger charge is -2.30. The molecule has 1 saturated heterocycles. The Kier molecular flexibility index (Phi) is 9.67. The second-order valence-electron chi connectivity index (χ2n) is 15.6. The van der Waals surface area contributed by atoms with Crippen molar-refractivity contribution in [3.05, 3.63) is 76.1 Å². The van der Waals surface area contributed by atoms with Crippen molar-refractivity contribution >= 4 is 51.1 Å². The Labute approximate surface area is 320 Å². The molecule has 7 rings (SSSR count). The van der Waals surface area contributed by atoms with Gasteiger partial charge in [-0.25, -0.2) is 17.6 Å². The fraction of sp³-hybridized carbons (Fsp3) is 0.514. The molecule has 296 valence electrons. The van der Waals surface area contributed by atoms with Crippen LogP contribution in [0.2, 0.25) is 5.02 Å². The van der Waals surface area contributed by atoms with Gasteiger partial charge in [0.05, 0.1) is 23.4 Å². The molecule has 2 aliphatic heterocycles. The maximum Gasteiger partial charge on any atom is 0.416 e. The highest BCUT2D eigenvalue weighted by atomic mass is 35.5. The minimum atomic E-state index is -4.89. The van der Waals surface area contributed by atoms with Crippen molar-refractivity contribution < 1.29 is 49.9 Å². The van der Waals surface area contributed by atoms with Crippen LogP contribution in [0.1, 0.15) is 69.1 Å². The minimum absolute atomic E-state index is 0.0863. The number of sulfonamides is 1. The number of alkyl halides is 3. The van der Waals surface area contributed by atoms with Crippen molar-refractivity contribution in [2.75, 3.05) is 11.9 Å². The topological polar surface area (TPSA) is 154 Å². The smallest absolute Gasteiger partial charge is 0.416 e. The van der Waals surface area contributed by atoms with Crippen molar-refractivity contribution in [1.29, 1.82) is 0 Å². The van der Waals surface area contributed by atoms with E-state index in [-0.39, 0.29) is 55.6 Å². The quantitative estimate of drug-likeness (QED) is 0.205. The summed E-state index contributed by atoms with van der Waals surface area (Å²) in [6.45, 7) is 6.78. The van der Waals surface area contributed by atoms with Crippen LogP contribution in [0, 0.1) is 17.7 Å². The lowest BCUT2D eigenvalue weighted by Crippen LogP contribution is -2.58. The van der Waals surface area contributed by atoms with Crippen LogP contribution in [0.15, 0.2) is 48.6 Å². The van der Waals surface area contributed by atoms with E-state index in [1.807, 2.05) is 6.07 Å². The molecule has 18 heteroatoms. The predicted octanol–water partition coefficient (Wildman–Crippen LogP) is 5.26. The lowest BCUT2D eigenvalue weighted by molar-refractivity contribution is -0.139. The van der Waals surface area contributed by atoms with Gasteiger partial charge in [0.15, 0.2) is 0 Å². The third-order valence-electron chi connectivity index (χ3n) is 11.4. The number of benzene rings is 2. The average Bonchev–Trinajstić information content (AvgIpc) is 4.05. The van der Waals surface area contributed by atoms with Gasteiger partial charge in [0.1, 0.15) is 29.5 Å². The van der Waals surface area contributed by atoms with E-state index in [1.165, 1.54) is 18.7 Å². The number of nitrogens with zero attached hydrogens (tertiary/aromatic N) is 2. The van der Waals surface area contributed by atoms with Crippen LogP contribution in [0.4, 0.5) is 28.0 Å². The number of nitrogens with one attached hydrogen (secondary N) is 3. The Morgan fingerprint density at radius 1 is 1.09 bits per heavy atom. The van der Waals surface area contributed by atoms with E-state index in [0.717, 1.165) is 34.9 Å². The van der Waals surface area contributed by atoms with Gasteiger partial charge in [0.25, 0.3) is 5.91 Å². The van der Waals surface area contributed by atoms with Crippen LogP contribution in [0.25, 0.3) is 0 Å². The van der Waals surface area contributed by atoms with E-state index in [0.29, 0.717) is 30.0 Å². The molecule has 0 aromatic heterocycles. The highest BCUT2D eigenvalue weighted by Crippen LogP contribution is 2.57. The SMILES string of the molecule is C=C(C)[C@H](Nc1cc(F)cc(C(F)(F)F)c1)C(=O)N1C[C@H](OC(=O)N2Cc3cccc(Cl)c3C2)C[C@H]1C(=O)N[C@]1(C(=O)NS(=O)(=O)C2(C)CC2)C[C@H]1C1CC1.